The van der Waals surface area contributed by atoms with Gasteiger partial charge in [0, 0.05) is 16.7 Å². The molecular formula is C80H86N6O22. The van der Waals surface area contributed by atoms with Crippen molar-refractivity contribution in [2.45, 2.75) is 71.6 Å². The molecule has 9 aromatic carbocycles. The van der Waals surface area contributed by atoms with E-state index in [9.17, 15) is 54.0 Å². The van der Waals surface area contributed by atoms with Gasteiger partial charge in [0.25, 0.3) is 17.7 Å². The van der Waals surface area contributed by atoms with Crippen LogP contribution in [-0.2, 0) is 27.4 Å². The molecule has 10 N–H and O–H groups in total. The molecule has 0 unspecified atom stereocenters. The van der Waals surface area contributed by atoms with Gasteiger partial charge in [-0.25, -0.2) is 19.2 Å². The average Bonchev–Trinajstić information content (AvgIpc) is 0.824. The molecule has 0 saturated heterocycles. The van der Waals surface area contributed by atoms with Gasteiger partial charge >= 0.3 is 24.2 Å². The molecule has 28 heteroatoms. The molecule has 9 rings (SSSR count). The van der Waals surface area contributed by atoms with Crippen LogP contribution in [0.3, 0.4) is 0 Å². The summed E-state index contributed by atoms with van der Waals surface area (Å²) < 4.78 is 58.5. The number of carbonyl (C=O) groups is 7. The highest BCUT2D eigenvalue weighted by Gasteiger charge is 2.24. The Morgan fingerprint density at radius 1 is 0.370 bits per heavy atom. The number of carbonyl (C=O) groups excluding carboxylic acids is 6. The highest BCUT2D eigenvalue weighted by Crippen LogP contribution is 2.41. The van der Waals surface area contributed by atoms with E-state index in [0.717, 1.165) is 16.7 Å². The maximum atomic E-state index is 12.5. The minimum atomic E-state index is -1.20. The maximum Gasteiger partial charge on any atom is 0.408 e. The standard InChI is InChI=1S/C27H28N2O8.C27H30N2O7.C26H28N2O7/c1-4-19(17-9-11-18(12-10-17)25(31)28-20-7-5-6-8-21(20)30)29-27(34)37-15-16-13-22(35-2)24(26(32)33)23(14-16)36-3;1-16(18-10-12-19(13-11-18)26(31)29-21-8-6-7-9-22(21)30)28-27(32)36-17(2)20-14-23(33-3)25(35-5)24(15-20)34-4;1-16(18-9-11-19(12-10-18)25(30)28-20-7-5-6-8-21(20)29)27-26(31)35-15-17-13-22(32-2)24(34-4)23(14-17)33-3/h5-14,19,30H,4,15H2,1-3H3,(H,28,31)(H,29,34)(H,32,33);6-17,30H,1-5H3,(H,28,32)(H,29,31);5-14,16,29H,15H2,1-4H3,(H,27,31)(H,28,30)/t19-;16-,17-;16-/m000/s1. The van der Waals surface area contributed by atoms with Crippen molar-refractivity contribution in [1.82, 2.24) is 16.0 Å². The first-order valence-corrected chi connectivity index (χ1v) is 33.4. The summed E-state index contributed by atoms with van der Waals surface area (Å²) in [6.07, 6.45) is -1.91. The maximum absolute atomic E-state index is 12.5. The van der Waals surface area contributed by atoms with Crippen molar-refractivity contribution in [3.8, 4) is 63.2 Å². The van der Waals surface area contributed by atoms with Crippen LogP contribution < -0.4 is 69.8 Å². The smallest absolute Gasteiger partial charge is 0.408 e. The number of ether oxygens (including phenoxy) is 11. The zero-order chi connectivity index (χ0) is 78.6. The van der Waals surface area contributed by atoms with Gasteiger partial charge in [0.1, 0.15) is 53.6 Å². The van der Waals surface area contributed by atoms with Gasteiger partial charge in [-0.15, -0.1) is 0 Å². The summed E-state index contributed by atoms with van der Waals surface area (Å²) in [6, 6.07) is 48.4. The van der Waals surface area contributed by atoms with E-state index < -0.39 is 30.4 Å². The minimum absolute atomic E-state index is 0.000702. The van der Waals surface area contributed by atoms with Crippen LogP contribution in [-0.4, -0.2) is 119 Å². The van der Waals surface area contributed by atoms with Crippen molar-refractivity contribution in [2.75, 3.05) is 72.8 Å². The van der Waals surface area contributed by atoms with Crippen molar-refractivity contribution in [1.29, 1.82) is 0 Å². The van der Waals surface area contributed by atoms with Crippen LogP contribution in [0.5, 0.6) is 63.2 Å². The summed E-state index contributed by atoms with van der Waals surface area (Å²) in [7, 11) is 11.8. The number of aromatic carboxylic acids is 1. The SMILES string of the molecule is CC[C@H](NC(=O)OCc1cc(OC)c(C(=O)O)c(OC)c1)c1ccc(C(=O)Nc2ccccc2O)cc1.COc1cc(COC(=O)N[C@@H](C)c2ccc(C(=O)Nc3ccccc3O)cc2)cc(OC)c1OC.COc1cc([C@H](C)OC(=O)N[C@@H](C)c2ccc(C(=O)Nc3ccccc3O)cc2)cc(OC)c1OC. The number of amides is 6. The van der Waals surface area contributed by atoms with Gasteiger partial charge < -0.3 is 104 Å². The number of nitrogens with one attached hydrogen (secondary N) is 6. The second-order valence-electron chi connectivity index (χ2n) is 23.5. The molecule has 0 saturated carbocycles. The number of alkyl carbamates (subject to hydrolysis) is 3. The van der Waals surface area contributed by atoms with Crippen molar-refractivity contribution >= 4 is 59.0 Å². The van der Waals surface area contributed by atoms with Crippen LogP contribution in [0, 0.1) is 0 Å². The molecule has 0 aliphatic heterocycles. The zero-order valence-corrected chi connectivity index (χ0v) is 61.4. The van der Waals surface area contributed by atoms with E-state index in [-0.39, 0.29) is 83.4 Å². The zero-order valence-electron chi connectivity index (χ0n) is 61.4. The number of aromatic hydroxyl groups is 3. The number of para-hydroxylation sites is 6. The first-order chi connectivity index (χ1) is 51.9. The molecule has 9 aromatic rings. The second-order valence-corrected chi connectivity index (χ2v) is 23.5. The Labute approximate surface area is 623 Å². The topological polar surface area (TPSA) is 374 Å². The molecule has 0 heterocycles. The number of methoxy groups -OCH3 is 8. The number of rotatable bonds is 28. The number of hydrogen-bond donors (Lipinski definition) is 10. The van der Waals surface area contributed by atoms with E-state index in [1.807, 2.05) is 13.8 Å². The van der Waals surface area contributed by atoms with E-state index in [1.54, 1.807) is 166 Å². The molecule has 0 aliphatic carbocycles. The number of benzene rings is 9. The number of anilines is 3. The molecule has 0 aromatic heterocycles. The Kier molecular flexibility index (Phi) is 30.2. The van der Waals surface area contributed by atoms with Crippen LogP contribution in [0.15, 0.2) is 182 Å². The Bertz CT molecular complexity index is 4500. The summed E-state index contributed by atoms with van der Waals surface area (Å²) >= 11 is 0. The first-order valence-electron chi connectivity index (χ1n) is 33.4. The Hall–Kier alpha value is -13.5. The summed E-state index contributed by atoms with van der Waals surface area (Å²) in [5.41, 5.74) is 6.21. The van der Waals surface area contributed by atoms with Crippen LogP contribution in [0.4, 0.5) is 31.4 Å². The number of hydrogen-bond acceptors (Lipinski definition) is 21. The van der Waals surface area contributed by atoms with E-state index in [2.05, 4.69) is 31.9 Å². The van der Waals surface area contributed by atoms with Crippen LogP contribution in [0.25, 0.3) is 0 Å². The predicted octanol–water partition coefficient (Wildman–Crippen LogP) is 14.6. The fraction of sp³-hybridized carbons (Fsp3) is 0.237. The van der Waals surface area contributed by atoms with Gasteiger partial charge in [-0.3, -0.25) is 14.4 Å². The second kappa shape index (κ2) is 39.9. The van der Waals surface area contributed by atoms with Gasteiger partial charge in [0.2, 0.25) is 11.5 Å². The van der Waals surface area contributed by atoms with E-state index in [0.29, 0.717) is 91.4 Å². The minimum Gasteiger partial charge on any atom is -0.506 e. The van der Waals surface area contributed by atoms with E-state index >= 15 is 0 Å². The molecule has 0 radical (unpaired) electrons. The Balaban J connectivity index is 0.000000226. The first kappa shape index (κ1) is 81.8. The van der Waals surface area contributed by atoms with Crippen LogP contribution in [0.1, 0.15) is 133 Å². The number of phenolic OH excluding ortho intramolecular Hbond substituents is 3. The highest BCUT2D eigenvalue weighted by molar-refractivity contribution is 6.06. The molecule has 6 amide bonds. The van der Waals surface area contributed by atoms with E-state index in [1.165, 1.54) is 87.2 Å². The highest BCUT2D eigenvalue weighted by atomic mass is 16.6. The number of carboxylic acids is 1. The van der Waals surface area contributed by atoms with Gasteiger partial charge in [-0.05, 0) is 170 Å². The third kappa shape index (κ3) is 22.5. The fourth-order valence-electron chi connectivity index (χ4n) is 10.6. The number of phenols is 3. The van der Waals surface area contributed by atoms with Gasteiger partial charge in [-0.2, -0.15) is 0 Å². The molecule has 0 bridgehead atoms. The van der Waals surface area contributed by atoms with Crippen molar-refractivity contribution < 1.29 is 106 Å². The van der Waals surface area contributed by atoms with E-state index in [4.69, 9.17) is 52.1 Å². The Morgan fingerprint density at radius 3 is 1.01 bits per heavy atom. The summed E-state index contributed by atoms with van der Waals surface area (Å²) in [6.45, 7) is 7.11. The third-order valence-corrected chi connectivity index (χ3v) is 16.4. The monoisotopic (exact) mass is 1480 g/mol. The molecule has 28 nitrogen and oxygen atoms in total. The molecule has 0 spiro atoms. The molecule has 0 aliphatic rings. The lowest BCUT2D eigenvalue weighted by Gasteiger charge is -2.20. The summed E-state index contributed by atoms with van der Waals surface area (Å²) in [5, 5.41) is 55.2. The average molecular weight is 1480 g/mol. The van der Waals surface area contributed by atoms with Gasteiger partial charge in [0.05, 0.1) is 92.1 Å². The molecule has 4 atom stereocenters. The van der Waals surface area contributed by atoms with Crippen LogP contribution in [0.2, 0.25) is 0 Å². The van der Waals surface area contributed by atoms with Crippen molar-refractivity contribution in [3.05, 3.63) is 238 Å². The predicted molar refractivity (Wildman–Crippen MR) is 401 cm³/mol. The molecule has 108 heavy (non-hydrogen) atoms. The molecular weight excluding hydrogens is 1400 g/mol. The molecule has 568 valence electrons. The fourth-order valence-corrected chi connectivity index (χ4v) is 10.6. The largest absolute Gasteiger partial charge is 0.506 e. The molecule has 0 fully saturated rings. The Morgan fingerprint density at radius 2 is 0.685 bits per heavy atom. The normalized spacial score (nSPS) is 11.5. The van der Waals surface area contributed by atoms with Crippen LogP contribution >= 0.6 is 0 Å². The summed E-state index contributed by atoms with van der Waals surface area (Å²) in [4.78, 5) is 86.3. The third-order valence-electron chi connectivity index (χ3n) is 16.4. The number of carboxylic acid groups (broad SMARTS) is 1. The van der Waals surface area contributed by atoms with Crippen molar-refractivity contribution in [2.24, 2.45) is 0 Å². The lowest BCUT2D eigenvalue weighted by Crippen LogP contribution is -2.28. The lowest BCUT2D eigenvalue weighted by atomic mass is 10.0. The van der Waals surface area contributed by atoms with Gasteiger partial charge in [0.15, 0.2) is 23.0 Å². The quantitative estimate of drug-likeness (QED) is 0.0161. The lowest BCUT2D eigenvalue weighted by molar-refractivity contribution is 0.0687. The van der Waals surface area contributed by atoms with Crippen molar-refractivity contribution in [3.63, 3.8) is 0 Å². The van der Waals surface area contributed by atoms with Gasteiger partial charge in [-0.1, -0.05) is 79.7 Å². The summed E-state index contributed by atoms with van der Waals surface area (Å²) in [5.74, 6) is 0.567.